The van der Waals surface area contributed by atoms with E-state index in [0.717, 1.165) is 5.56 Å². The summed E-state index contributed by atoms with van der Waals surface area (Å²) in [6, 6.07) is 5.32. The highest BCUT2D eigenvalue weighted by Gasteiger charge is 2.13. The van der Waals surface area contributed by atoms with E-state index in [2.05, 4.69) is 42.7 Å². The standard InChI is InChI=1S/C10H7Br2NO2/c1-15-10(14)8-2-6(4-11)7(5-13)3-9(8)12/h2-3H,4H2,1H3. The van der Waals surface area contributed by atoms with E-state index in [0.29, 0.717) is 20.9 Å². The van der Waals surface area contributed by atoms with Crippen molar-refractivity contribution >= 4 is 37.8 Å². The zero-order chi connectivity index (χ0) is 11.4. The number of hydrogen-bond acceptors (Lipinski definition) is 3. The van der Waals surface area contributed by atoms with Gasteiger partial charge in [0, 0.05) is 9.80 Å². The molecule has 0 fully saturated rings. The number of carbonyl (C=O) groups is 1. The van der Waals surface area contributed by atoms with Crippen LogP contribution in [0.4, 0.5) is 0 Å². The molecule has 0 radical (unpaired) electrons. The van der Waals surface area contributed by atoms with Crippen molar-refractivity contribution in [2.24, 2.45) is 0 Å². The lowest BCUT2D eigenvalue weighted by atomic mass is 10.1. The van der Waals surface area contributed by atoms with E-state index in [1.54, 1.807) is 12.1 Å². The van der Waals surface area contributed by atoms with Crippen molar-refractivity contribution in [1.29, 1.82) is 5.26 Å². The number of rotatable bonds is 2. The van der Waals surface area contributed by atoms with Crippen LogP contribution < -0.4 is 0 Å². The van der Waals surface area contributed by atoms with Crippen molar-refractivity contribution in [3.8, 4) is 6.07 Å². The molecule has 0 heterocycles. The molecule has 1 aromatic rings. The molecule has 0 atom stereocenters. The van der Waals surface area contributed by atoms with E-state index in [1.807, 2.05) is 0 Å². The smallest absolute Gasteiger partial charge is 0.339 e. The molecule has 1 aromatic carbocycles. The molecule has 1 rings (SSSR count). The third kappa shape index (κ3) is 2.58. The summed E-state index contributed by atoms with van der Waals surface area (Å²) in [5.41, 5.74) is 1.72. The van der Waals surface area contributed by atoms with Crippen molar-refractivity contribution in [3.63, 3.8) is 0 Å². The molecule has 5 heteroatoms. The van der Waals surface area contributed by atoms with Crippen LogP contribution in [0.1, 0.15) is 21.5 Å². The Labute approximate surface area is 104 Å². The predicted molar refractivity (Wildman–Crippen MR) is 62.8 cm³/mol. The summed E-state index contributed by atoms with van der Waals surface area (Å²) in [5, 5.41) is 9.37. The fraction of sp³-hybridized carbons (Fsp3) is 0.200. The molecule has 78 valence electrons. The van der Waals surface area contributed by atoms with Gasteiger partial charge in [0.05, 0.1) is 24.3 Å². The number of ether oxygens (including phenoxy) is 1. The first-order valence-corrected chi connectivity index (χ1v) is 5.92. The molecule has 0 saturated heterocycles. The van der Waals surface area contributed by atoms with Gasteiger partial charge in [0.2, 0.25) is 0 Å². The van der Waals surface area contributed by atoms with Gasteiger partial charge in [0.25, 0.3) is 0 Å². The lowest BCUT2D eigenvalue weighted by Crippen LogP contribution is -2.04. The van der Waals surface area contributed by atoms with Crippen LogP contribution >= 0.6 is 31.9 Å². The van der Waals surface area contributed by atoms with Crippen molar-refractivity contribution in [3.05, 3.63) is 33.3 Å². The largest absolute Gasteiger partial charge is 0.465 e. The minimum absolute atomic E-state index is 0.422. The summed E-state index contributed by atoms with van der Waals surface area (Å²) in [6.45, 7) is 0. The van der Waals surface area contributed by atoms with Gasteiger partial charge < -0.3 is 4.74 Å². The maximum atomic E-state index is 11.4. The summed E-state index contributed by atoms with van der Waals surface area (Å²) in [6.07, 6.45) is 0. The van der Waals surface area contributed by atoms with Crippen LogP contribution in [-0.4, -0.2) is 13.1 Å². The number of alkyl halides is 1. The van der Waals surface area contributed by atoms with Crippen molar-refractivity contribution in [2.45, 2.75) is 5.33 Å². The zero-order valence-electron chi connectivity index (χ0n) is 7.88. The average Bonchev–Trinajstić information content (AvgIpc) is 2.27. The molecule has 3 nitrogen and oxygen atoms in total. The van der Waals surface area contributed by atoms with Crippen molar-refractivity contribution in [1.82, 2.24) is 0 Å². The Morgan fingerprint density at radius 3 is 2.73 bits per heavy atom. The van der Waals surface area contributed by atoms with Crippen LogP contribution in [0.15, 0.2) is 16.6 Å². The number of halogens is 2. The topological polar surface area (TPSA) is 50.1 Å². The molecular weight excluding hydrogens is 326 g/mol. The van der Waals surface area contributed by atoms with Gasteiger partial charge in [-0.2, -0.15) is 5.26 Å². The molecular formula is C10H7Br2NO2. The fourth-order valence-electron chi connectivity index (χ4n) is 1.10. The van der Waals surface area contributed by atoms with Gasteiger partial charge in [-0.25, -0.2) is 4.79 Å². The molecule has 0 aliphatic rings. The highest BCUT2D eigenvalue weighted by molar-refractivity contribution is 9.10. The summed E-state index contributed by atoms with van der Waals surface area (Å²) >= 11 is 6.49. The Balaban J connectivity index is 3.33. The van der Waals surface area contributed by atoms with Crippen molar-refractivity contribution < 1.29 is 9.53 Å². The number of esters is 1. The molecule has 0 aromatic heterocycles. The third-order valence-corrected chi connectivity index (χ3v) is 3.12. The van der Waals surface area contributed by atoms with E-state index in [-0.39, 0.29) is 0 Å². The molecule has 0 saturated carbocycles. The number of methoxy groups -OCH3 is 1. The Morgan fingerprint density at radius 1 is 1.60 bits per heavy atom. The second-order valence-corrected chi connectivity index (χ2v) is 4.14. The van der Waals surface area contributed by atoms with Gasteiger partial charge >= 0.3 is 5.97 Å². The molecule has 0 bridgehead atoms. The SMILES string of the molecule is COC(=O)c1cc(CBr)c(C#N)cc1Br. The van der Waals surface area contributed by atoms with Crippen LogP contribution in [-0.2, 0) is 10.1 Å². The monoisotopic (exact) mass is 331 g/mol. The lowest BCUT2D eigenvalue weighted by Gasteiger charge is -2.06. The van der Waals surface area contributed by atoms with Crippen LogP contribution in [0.2, 0.25) is 0 Å². The minimum Gasteiger partial charge on any atom is -0.465 e. The predicted octanol–water partition coefficient (Wildman–Crippen LogP) is 3.00. The summed E-state index contributed by atoms with van der Waals surface area (Å²) in [5.74, 6) is -0.423. The molecule has 0 unspecified atom stereocenters. The molecule has 0 amide bonds. The number of nitriles is 1. The third-order valence-electron chi connectivity index (χ3n) is 1.86. The Morgan fingerprint density at radius 2 is 2.27 bits per heavy atom. The van der Waals surface area contributed by atoms with Gasteiger partial charge in [0.1, 0.15) is 0 Å². The van der Waals surface area contributed by atoms with E-state index in [1.165, 1.54) is 7.11 Å². The number of nitrogens with zero attached hydrogens (tertiary/aromatic N) is 1. The fourth-order valence-corrected chi connectivity index (χ4v) is 2.07. The first kappa shape index (κ1) is 12.2. The Bertz CT molecular complexity index is 438. The van der Waals surface area contributed by atoms with E-state index in [9.17, 15) is 4.79 Å². The van der Waals surface area contributed by atoms with Gasteiger partial charge in [0.15, 0.2) is 0 Å². The first-order chi connectivity index (χ1) is 7.13. The number of carbonyl (C=O) groups excluding carboxylic acids is 1. The normalized spacial score (nSPS) is 9.47. The van der Waals surface area contributed by atoms with Crippen LogP contribution in [0.25, 0.3) is 0 Å². The van der Waals surface area contributed by atoms with E-state index >= 15 is 0 Å². The molecule has 15 heavy (non-hydrogen) atoms. The van der Waals surface area contributed by atoms with Crippen LogP contribution in [0.3, 0.4) is 0 Å². The van der Waals surface area contributed by atoms with Crippen LogP contribution in [0.5, 0.6) is 0 Å². The zero-order valence-corrected chi connectivity index (χ0v) is 11.1. The summed E-state index contributed by atoms with van der Waals surface area (Å²) in [4.78, 5) is 11.4. The van der Waals surface area contributed by atoms with Gasteiger partial charge in [-0.1, -0.05) is 15.9 Å². The highest BCUT2D eigenvalue weighted by Crippen LogP contribution is 2.24. The maximum Gasteiger partial charge on any atom is 0.339 e. The van der Waals surface area contributed by atoms with Crippen LogP contribution in [0, 0.1) is 11.3 Å². The van der Waals surface area contributed by atoms with Crippen molar-refractivity contribution in [2.75, 3.05) is 7.11 Å². The van der Waals surface area contributed by atoms with E-state index in [4.69, 9.17) is 5.26 Å². The van der Waals surface area contributed by atoms with Gasteiger partial charge in [-0.3, -0.25) is 0 Å². The Kier molecular flexibility index (Phi) is 4.30. The molecule has 0 spiro atoms. The first-order valence-electron chi connectivity index (χ1n) is 4.00. The molecule has 0 aliphatic carbocycles. The quantitative estimate of drug-likeness (QED) is 0.618. The maximum absolute atomic E-state index is 11.4. The average molecular weight is 333 g/mol. The molecule has 0 aliphatic heterocycles. The summed E-state index contributed by atoms with van der Waals surface area (Å²) < 4.78 is 5.19. The number of benzene rings is 1. The minimum atomic E-state index is -0.423. The second kappa shape index (κ2) is 5.29. The lowest BCUT2D eigenvalue weighted by molar-refractivity contribution is 0.0599. The summed E-state index contributed by atoms with van der Waals surface area (Å²) in [7, 11) is 1.32. The molecule has 0 N–H and O–H groups in total. The van der Waals surface area contributed by atoms with Gasteiger partial charge in [-0.05, 0) is 33.6 Å². The van der Waals surface area contributed by atoms with Gasteiger partial charge in [-0.15, -0.1) is 0 Å². The second-order valence-electron chi connectivity index (χ2n) is 2.73. The number of hydrogen-bond donors (Lipinski definition) is 0. The van der Waals surface area contributed by atoms with E-state index < -0.39 is 5.97 Å². The Hall–Kier alpha value is -0.860. The highest BCUT2D eigenvalue weighted by atomic mass is 79.9.